The Balaban J connectivity index is 2.91. The molecule has 0 fully saturated rings. The summed E-state index contributed by atoms with van der Waals surface area (Å²) in [5, 5.41) is 0. The van der Waals surface area contributed by atoms with Gasteiger partial charge in [0.1, 0.15) is 5.75 Å². The molecule has 3 nitrogen and oxygen atoms in total. The maximum Gasteiger partial charge on any atom is 0.153 e. The lowest BCUT2D eigenvalue weighted by Crippen LogP contribution is -2.04. The lowest BCUT2D eigenvalue weighted by Gasteiger charge is -2.08. The molecule has 1 rings (SSSR count). The van der Waals surface area contributed by atoms with Crippen LogP contribution < -0.4 is 15.5 Å². The highest BCUT2D eigenvalue weighted by molar-refractivity contribution is 5.40. The Labute approximate surface area is 78.4 Å². The molecule has 0 aliphatic heterocycles. The highest BCUT2D eigenvalue weighted by Gasteiger charge is 2.02. The SMILES string of the molecule is CCOc1ccc(CC)c(ON)c1. The fraction of sp³-hybridized carbons (Fsp3) is 0.400. The molecule has 0 aliphatic carbocycles. The number of aryl methyl sites for hydroxylation is 1. The van der Waals surface area contributed by atoms with Crippen molar-refractivity contribution >= 4 is 0 Å². The molecule has 0 radical (unpaired) electrons. The standard InChI is InChI=1S/C10H15NO2/c1-3-8-5-6-9(12-4-2)7-10(8)13-11/h5-7H,3-4,11H2,1-2H3. The first-order valence-corrected chi connectivity index (χ1v) is 4.44. The molecule has 3 heteroatoms. The summed E-state index contributed by atoms with van der Waals surface area (Å²) in [5.41, 5.74) is 1.09. The first-order valence-electron chi connectivity index (χ1n) is 4.44. The molecule has 1 aromatic carbocycles. The molecule has 0 unspecified atom stereocenters. The quantitative estimate of drug-likeness (QED) is 0.721. The summed E-state index contributed by atoms with van der Waals surface area (Å²) < 4.78 is 5.31. The number of hydrogen-bond donors (Lipinski definition) is 1. The van der Waals surface area contributed by atoms with E-state index in [1.54, 1.807) is 0 Å². The monoisotopic (exact) mass is 181 g/mol. The second kappa shape index (κ2) is 4.72. The third kappa shape index (κ3) is 2.36. The van der Waals surface area contributed by atoms with Gasteiger partial charge in [-0.25, -0.2) is 0 Å². The molecule has 72 valence electrons. The molecule has 13 heavy (non-hydrogen) atoms. The summed E-state index contributed by atoms with van der Waals surface area (Å²) >= 11 is 0. The van der Waals surface area contributed by atoms with Crippen LogP contribution in [-0.4, -0.2) is 6.61 Å². The van der Waals surface area contributed by atoms with Crippen molar-refractivity contribution in [2.24, 2.45) is 5.90 Å². The van der Waals surface area contributed by atoms with Crippen molar-refractivity contribution < 1.29 is 9.57 Å². The first-order chi connectivity index (χ1) is 6.31. The fourth-order valence-electron chi connectivity index (χ4n) is 1.19. The van der Waals surface area contributed by atoms with E-state index in [0.717, 1.165) is 17.7 Å². The Bertz CT molecular complexity index is 274. The van der Waals surface area contributed by atoms with Crippen LogP contribution in [0.1, 0.15) is 19.4 Å². The third-order valence-corrected chi connectivity index (χ3v) is 1.86. The van der Waals surface area contributed by atoms with E-state index < -0.39 is 0 Å². The van der Waals surface area contributed by atoms with E-state index in [1.807, 2.05) is 25.1 Å². The van der Waals surface area contributed by atoms with Crippen LogP contribution in [0.5, 0.6) is 11.5 Å². The smallest absolute Gasteiger partial charge is 0.153 e. The zero-order valence-corrected chi connectivity index (χ0v) is 8.04. The van der Waals surface area contributed by atoms with Crippen molar-refractivity contribution in [2.75, 3.05) is 6.61 Å². The van der Waals surface area contributed by atoms with E-state index in [0.29, 0.717) is 12.4 Å². The van der Waals surface area contributed by atoms with Crippen molar-refractivity contribution in [3.63, 3.8) is 0 Å². The first kappa shape index (κ1) is 9.86. The average molecular weight is 181 g/mol. The molecule has 0 amide bonds. The maximum absolute atomic E-state index is 5.31. The van der Waals surface area contributed by atoms with Gasteiger partial charge in [0.2, 0.25) is 0 Å². The largest absolute Gasteiger partial charge is 0.494 e. The summed E-state index contributed by atoms with van der Waals surface area (Å²) in [4.78, 5) is 4.74. The highest BCUT2D eigenvalue weighted by Crippen LogP contribution is 2.24. The normalized spacial score (nSPS) is 9.77. The molecule has 0 aliphatic rings. The Morgan fingerprint density at radius 2 is 2.08 bits per heavy atom. The predicted molar refractivity (Wildman–Crippen MR) is 51.8 cm³/mol. The van der Waals surface area contributed by atoms with E-state index in [1.165, 1.54) is 0 Å². The Hall–Kier alpha value is -1.22. The van der Waals surface area contributed by atoms with Crippen molar-refractivity contribution in [3.8, 4) is 11.5 Å². The van der Waals surface area contributed by atoms with Crippen molar-refractivity contribution in [1.29, 1.82) is 0 Å². The molecule has 0 atom stereocenters. The van der Waals surface area contributed by atoms with Gasteiger partial charge in [-0.05, 0) is 25.0 Å². The summed E-state index contributed by atoms with van der Waals surface area (Å²) in [6, 6.07) is 5.69. The minimum absolute atomic E-state index is 0.648. The number of rotatable bonds is 4. The molecule has 2 N–H and O–H groups in total. The van der Waals surface area contributed by atoms with Crippen LogP contribution in [0.3, 0.4) is 0 Å². The van der Waals surface area contributed by atoms with Gasteiger partial charge in [0.25, 0.3) is 0 Å². The lowest BCUT2D eigenvalue weighted by molar-refractivity contribution is 0.317. The van der Waals surface area contributed by atoms with Crippen LogP contribution in [0.25, 0.3) is 0 Å². The molecular formula is C10H15NO2. The molecule has 0 spiro atoms. The molecule has 0 aromatic heterocycles. The van der Waals surface area contributed by atoms with Gasteiger partial charge in [-0.3, -0.25) is 0 Å². The Morgan fingerprint density at radius 3 is 2.62 bits per heavy atom. The molecule has 0 saturated carbocycles. The minimum Gasteiger partial charge on any atom is -0.494 e. The van der Waals surface area contributed by atoms with Gasteiger partial charge < -0.3 is 9.57 Å². The summed E-state index contributed by atoms with van der Waals surface area (Å²) in [5.74, 6) is 6.62. The van der Waals surface area contributed by atoms with Crippen LogP contribution in [0, 0.1) is 0 Å². The summed E-state index contributed by atoms with van der Waals surface area (Å²) in [6.45, 7) is 4.64. The average Bonchev–Trinajstić information content (AvgIpc) is 2.18. The number of ether oxygens (including phenoxy) is 1. The third-order valence-electron chi connectivity index (χ3n) is 1.86. The van der Waals surface area contributed by atoms with E-state index in [4.69, 9.17) is 15.5 Å². The van der Waals surface area contributed by atoms with Crippen LogP contribution in [0.2, 0.25) is 0 Å². The Kier molecular flexibility index (Phi) is 3.58. The van der Waals surface area contributed by atoms with Crippen LogP contribution in [0.15, 0.2) is 18.2 Å². The zero-order chi connectivity index (χ0) is 9.68. The van der Waals surface area contributed by atoms with E-state index in [9.17, 15) is 0 Å². The second-order valence-corrected chi connectivity index (χ2v) is 2.67. The van der Waals surface area contributed by atoms with Gasteiger partial charge in [0.05, 0.1) is 6.61 Å². The minimum atomic E-state index is 0.648. The molecular weight excluding hydrogens is 166 g/mol. The van der Waals surface area contributed by atoms with Gasteiger partial charge in [-0.1, -0.05) is 13.0 Å². The van der Waals surface area contributed by atoms with Crippen molar-refractivity contribution in [3.05, 3.63) is 23.8 Å². The topological polar surface area (TPSA) is 44.5 Å². The van der Waals surface area contributed by atoms with Crippen LogP contribution in [-0.2, 0) is 6.42 Å². The maximum atomic E-state index is 5.31. The zero-order valence-electron chi connectivity index (χ0n) is 8.04. The van der Waals surface area contributed by atoms with Crippen LogP contribution >= 0.6 is 0 Å². The molecule has 0 heterocycles. The van der Waals surface area contributed by atoms with E-state index in [2.05, 4.69) is 6.92 Å². The fourth-order valence-corrected chi connectivity index (χ4v) is 1.19. The lowest BCUT2D eigenvalue weighted by atomic mass is 10.1. The van der Waals surface area contributed by atoms with Gasteiger partial charge in [-0.2, -0.15) is 5.90 Å². The Morgan fingerprint density at radius 1 is 1.31 bits per heavy atom. The van der Waals surface area contributed by atoms with Crippen molar-refractivity contribution in [1.82, 2.24) is 0 Å². The van der Waals surface area contributed by atoms with E-state index >= 15 is 0 Å². The molecule has 0 bridgehead atoms. The molecule has 1 aromatic rings. The highest BCUT2D eigenvalue weighted by atomic mass is 16.6. The summed E-state index contributed by atoms with van der Waals surface area (Å²) in [7, 11) is 0. The number of hydrogen-bond acceptors (Lipinski definition) is 3. The summed E-state index contributed by atoms with van der Waals surface area (Å²) in [6.07, 6.45) is 0.902. The van der Waals surface area contributed by atoms with Gasteiger partial charge in [0, 0.05) is 6.07 Å². The van der Waals surface area contributed by atoms with Gasteiger partial charge in [-0.15, -0.1) is 0 Å². The predicted octanol–water partition coefficient (Wildman–Crippen LogP) is 1.90. The van der Waals surface area contributed by atoms with Gasteiger partial charge >= 0.3 is 0 Å². The number of benzene rings is 1. The van der Waals surface area contributed by atoms with Crippen LogP contribution in [0.4, 0.5) is 0 Å². The molecule has 0 saturated heterocycles. The van der Waals surface area contributed by atoms with Crippen molar-refractivity contribution in [2.45, 2.75) is 20.3 Å². The van der Waals surface area contributed by atoms with E-state index in [-0.39, 0.29) is 0 Å². The number of nitrogens with two attached hydrogens (primary N) is 1. The van der Waals surface area contributed by atoms with Gasteiger partial charge in [0.15, 0.2) is 5.75 Å². The second-order valence-electron chi connectivity index (χ2n) is 2.67.